The molecule has 0 unspecified atom stereocenters. The molecule has 0 bridgehead atoms. The van der Waals surface area contributed by atoms with E-state index in [0.717, 1.165) is 16.7 Å². The van der Waals surface area contributed by atoms with Crippen molar-refractivity contribution in [1.82, 2.24) is 4.90 Å². The minimum absolute atomic E-state index is 0.0310. The summed E-state index contributed by atoms with van der Waals surface area (Å²) in [5.74, 6) is 0.0310. The van der Waals surface area contributed by atoms with Gasteiger partial charge in [-0.1, -0.05) is 16.0 Å². The van der Waals surface area contributed by atoms with Gasteiger partial charge in [-0.3, -0.25) is 4.79 Å². The van der Waals surface area contributed by atoms with E-state index in [1.807, 2.05) is 26.8 Å². The van der Waals surface area contributed by atoms with E-state index in [0.29, 0.717) is 18.1 Å². The van der Waals surface area contributed by atoms with Crippen LogP contribution in [0.3, 0.4) is 0 Å². The summed E-state index contributed by atoms with van der Waals surface area (Å²) < 4.78 is 15.8. The van der Waals surface area contributed by atoms with E-state index in [9.17, 15) is 9.35 Å². The van der Waals surface area contributed by atoms with Crippen LogP contribution in [-0.4, -0.2) is 26.3 Å². The molecule has 1 aliphatic rings. The summed E-state index contributed by atoms with van der Waals surface area (Å²) in [7, 11) is 0. The van der Waals surface area contributed by atoms with Crippen molar-refractivity contribution in [3.63, 3.8) is 0 Å². The highest BCUT2D eigenvalue weighted by molar-refractivity contribution is 7.91. The van der Waals surface area contributed by atoms with Crippen LogP contribution >= 0.6 is 11.6 Å². The fourth-order valence-corrected chi connectivity index (χ4v) is 2.88. The fraction of sp³-hybridized carbons (Fsp3) is 0.467. The minimum Gasteiger partial charge on any atom is -0.591 e. The molecular weight excluding hydrogens is 308 g/mol. The molecule has 6 heteroatoms. The topological polar surface area (TPSA) is 55.7 Å². The number of fused-ring (bicyclic) bond motifs is 1. The maximum absolute atomic E-state index is 12.0. The predicted octanol–water partition coefficient (Wildman–Crippen LogP) is 3.08. The van der Waals surface area contributed by atoms with Gasteiger partial charge in [0.05, 0.1) is 6.21 Å². The number of halogens is 1. The highest BCUT2D eigenvalue weighted by atomic mass is 35.5. The van der Waals surface area contributed by atoms with Crippen LogP contribution in [0.1, 0.15) is 44.4 Å². The Morgan fingerprint density at radius 1 is 1.43 bits per heavy atom. The number of carbonyl (C=O) groups excluding carboxylic acids is 1. The molecule has 2 rings (SSSR count). The Bertz CT molecular complexity index is 596. The van der Waals surface area contributed by atoms with Crippen LogP contribution < -0.4 is 0 Å². The quantitative estimate of drug-likeness (QED) is 0.619. The van der Waals surface area contributed by atoms with Crippen molar-refractivity contribution in [3.05, 3.63) is 33.8 Å². The number of hydrogen-bond acceptors (Lipinski definition) is 3. The molecular formula is C15H19ClN2O2S. The van der Waals surface area contributed by atoms with E-state index in [-0.39, 0.29) is 5.91 Å². The molecule has 0 saturated heterocycles. The lowest BCUT2D eigenvalue weighted by atomic mass is 10.0. The van der Waals surface area contributed by atoms with Gasteiger partial charge in [0.2, 0.25) is 5.91 Å². The van der Waals surface area contributed by atoms with Crippen LogP contribution in [0.15, 0.2) is 16.5 Å². The van der Waals surface area contributed by atoms with E-state index < -0.39 is 16.1 Å². The summed E-state index contributed by atoms with van der Waals surface area (Å²) >= 11 is 4.81. The number of amides is 1. The SMILES string of the molecule is CC(=O)N1Cc2cc(Cl)cc(/C=N/[S@@+]([O-])C(C)(C)C)c2C1. The molecule has 0 radical (unpaired) electrons. The zero-order chi connectivity index (χ0) is 15.8. The molecule has 114 valence electrons. The standard InChI is InChI=1S/C15H19ClN2O2S/c1-10(19)18-8-12-6-13(16)5-11(14(12)9-18)7-17-21(20)15(2,3)4/h5-7H,8-9H2,1-4H3/b17-7+/t21-/m0/s1. The Morgan fingerprint density at radius 2 is 2.10 bits per heavy atom. The molecule has 21 heavy (non-hydrogen) atoms. The summed E-state index contributed by atoms with van der Waals surface area (Å²) in [5, 5.41) is 0.599. The minimum atomic E-state index is -1.31. The summed E-state index contributed by atoms with van der Waals surface area (Å²) in [4.78, 5) is 13.3. The summed E-state index contributed by atoms with van der Waals surface area (Å²) in [5.41, 5.74) is 2.89. The van der Waals surface area contributed by atoms with E-state index >= 15 is 0 Å². The van der Waals surface area contributed by atoms with Gasteiger partial charge in [-0.15, -0.1) is 0 Å². The van der Waals surface area contributed by atoms with Gasteiger partial charge in [-0.2, -0.15) is 0 Å². The van der Waals surface area contributed by atoms with Gasteiger partial charge in [0.25, 0.3) is 0 Å². The van der Waals surface area contributed by atoms with Gasteiger partial charge < -0.3 is 9.45 Å². The lowest BCUT2D eigenvalue weighted by Gasteiger charge is -2.17. The molecule has 1 aromatic carbocycles. The van der Waals surface area contributed by atoms with Gasteiger partial charge in [0.1, 0.15) is 16.1 Å². The second-order valence-electron chi connectivity index (χ2n) is 6.10. The molecule has 0 aliphatic carbocycles. The molecule has 0 aromatic heterocycles. The predicted molar refractivity (Wildman–Crippen MR) is 86.9 cm³/mol. The average molecular weight is 327 g/mol. The summed E-state index contributed by atoms with van der Waals surface area (Å²) in [6.07, 6.45) is 1.61. The molecule has 0 spiro atoms. The molecule has 1 aliphatic heterocycles. The van der Waals surface area contributed by atoms with Crippen molar-refractivity contribution < 1.29 is 9.35 Å². The molecule has 1 atom stereocenters. The first-order valence-corrected chi connectivity index (χ1v) is 8.20. The Kier molecular flexibility index (Phi) is 4.66. The van der Waals surface area contributed by atoms with E-state index in [4.69, 9.17) is 11.6 Å². The number of hydrogen-bond donors (Lipinski definition) is 0. The maximum atomic E-state index is 12.0. The summed E-state index contributed by atoms with van der Waals surface area (Å²) in [6.45, 7) is 8.29. The van der Waals surface area contributed by atoms with E-state index in [1.165, 1.54) is 0 Å². The molecule has 1 amide bonds. The first-order chi connectivity index (χ1) is 9.68. The van der Waals surface area contributed by atoms with Gasteiger partial charge in [-0.25, -0.2) is 0 Å². The zero-order valence-electron chi connectivity index (χ0n) is 12.6. The van der Waals surface area contributed by atoms with Crippen LogP contribution in [0, 0.1) is 0 Å². The molecule has 0 saturated carbocycles. The third-order valence-electron chi connectivity index (χ3n) is 3.31. The monoisotopic (exact) mass is 326 g/mol. The average Bonchev–Trinajstić information content (AvgIpc) is 2.78. The van der Waals surface area contributed by atoms with Crippen LogP contribution in [0.25, 0.3) is 0 Å². The van der Waals surface area contributed by atoms with Gasteiger partial charge in [0, 0.05) is 30.6 Å². The van der Waals surface area contributed by atoms with Crippen molar-refractivity contribution in [3.8, 4) is 0 Å². The molecule has 1 heterocycles. The van der Waals surface area contributed by atoms with E-state index in [2.05, 4.69) is 4.40 Å². The van der Waals surface area contributed by atoms with Gasteiger partial charge in [0.15, 0.2) is 0 Å². The van der Waals surface area contributed by atoms with Gasteiger partial charge >= 0.3 is 0 Å². The van der Waals surface area contributed by atoms with Crippen molar-refractivity contribution in [1.29, 1.82) is 0 Å². The largest absolute Gasteiger partial charge is 0.591 e. The van der Waals surface area contributed by atoms with Crippen molar-refractivity contribution in [2.45, 2.75) is 45.5 Å². The molecule has 0 fully saturated rings. The number of rotatable bonds is 2. The second-order valence-corrected chi connectivity index (χ2v) is 8.47. The second kappa shape index (κ2) is 5.99. The zero-order valence-corrected chi connectivity index (χ0v) is 14.2. The van der Waals surface area contributed by atoms with Crippen LogP contribution in [0.4, 0.5) is 0 Å². The Balaban J connectivity index is 2.31. The van der Waals surface area contributed by atoms with Crippen molar-refractivity contribution >= 4 is 35.1 Å². The smallest absolute Gasteiger partial charge is 0.220 e. The van der Waals surface area contributed by atoms with Crippen LogP contribution in [0.5, 0.6) is 0 Å². The molecule has 0 N–H and O–H groups in total. The summed E-state index contributed by atoms with van der Waals surface area (Å²) in [6, 6.07) is 3.67. The first kappa shape index (κ1) is 16.3. The van der Waals surface area contributed by atoms with Crippen molar-refractivity contribution in [2.75, 3.05) is 0 Å². The maximum Gasteiger partial charge on any atom is 0.220 e. The lowest BCUT2D eigenvalue weighted by Crippen LogP contribution is -2.26. The first-order valence-electron chi connectivity index (χ1n) is 6.71. The van der Waals surface area contributed by atoms with Crippen LogP contribution in [-0.2, 0) is 29.2 Å². The Morgan fingerprint density at radius 3 is 2.67 bits per heavy atom. The normalized spacial score (nSPS) is 16.4. The third-order valence-corrected chi connectivity index (χ3v) is 4.87. The van der Waals surface area contributed by atoms with Crippen LogP contribution in [0.2, 0.25) is 5.02 Å². The lowest BCUT2D eigenvalue weighted by molar-refractivity contribution is -0.129. The van der Waals surface area contributed by atoms with E-state index in [1.54, 1.807) is 24.1 Å². The van der Waals surface area contributed by atoms with Crippen molar-refractivity contribution in [2.24, 2.45) is 4.40 Å². The number of nitrogens with zero attached hydrogens (tertiary/aromatic N) is 2. The number of benzene rings is 1. The van der Waals surface area contributed by atoms with Gasteiger partial charge in [-0.05, 0) is 44.0 Å². The Hall–Kier alpha value is -1.04. The third kappa shape index (κ3) is 3.78. The highest BCUT2D eigenvalue weighted by Gasteiger charge is 2.27. The highest BCUT2D eigenvalue weighted by Crippen LogP contribution is 2.29. The molecule has 4 nitrogen and oxygen atoms in total. The number of carbonyl (C=O) groups is 1. The fourth-order valence-electron chi connectivity index (χ4n) is 2.10. The Labute approximate surface area is 133 Å². The molecule has 1 aromatic rings.